The SMILES string of the molecule is CCOc1ccc2nc(N3C(=O)C(=O)/C(=C(/O)c4ccc5c(c4)CC(C)O5)C3c3ccccc3)sc2c1. The first-order chi connectivity index (χ1) is 17.9. The van der Waals surface area contributed by atoms with Gasteiger partial charge in [0.25, 0.3) is 5.78 Å². The zero-order valence-corrected chi connectivity index (χ0v) is 21.1. The summed E-state index contributed by atoms with van der Waals surface area (Å²) in [6.07, 6.45) is 0.757. The number of benzene rings is 3. The summed E-state index contributed by atoms with van der Waals surface area (Å²) < 4.78 is 12.2. The van der Waals surface area contributed by atoms with Crippen molar-refractivity contribution in [2.24, 2.45) is 0 Å². The van der Waals surface area contributed by atoms with Crippen LogP contribution in [0.15, 0.2) is 72.3 Å². The van der Waals surface area contributed by atoms with Crippen LogP contribution in [-0.2, 0) is 16.0 Å². The van der Waals surface area contributed by atoms with Crippen molar-refractivity contribution >= 4 is 44.1 Å². The van der Waals surface area contributed by atoms with Gasteiger partial charge >= 0.3 is 5.91 Å². The van der Waals surface area contributed by atoms with Crippen molar-refractivity contribution in [1.29, 1.82) is 0 Å². The molecular formula is C29H24N2O5S. The lowest BCUT2D eigenvalue weighted by molar-refractivity contribution is -0.132. The smallest absolute Gasteiger partial charge is 0.301 e. The van der Waals surface area contributed by atoms with Gasteiger partial charge in [-0.3, -0.25) is 14.5 Å². The number of nitrogens with zero attached hydrogens (tertiary/aromatic N) is 2. The van der Waals surface area contributed by atoms with Gasteiger partial charge in [-0.2, -0.15) is 0 Å². The zero-order valence-electron chi connectivity index (χ0n) is 20.3. The number of hydrogen-bond donors (Lipinski definition) is 1. The maximum atomic E-state index is 13.5. The van der Waals surface area contributed by atoms with Gasteiger partial charge in [0.15, 0.2) is 5.13 Å². The average molecular weight is 513 g/mol. The Bertz CT molecular complexity index is 1580. The number of ketones is 1. The molecule has 6 rings (SSSR count). The molecule has 2 atom stereocenters. The number of hydrogen-bond acceptors (Lipinski definition) is 7. The summed E-state index contributed by atoms with van der Waals surface area (Å²) in [5, 5.41) is 11.8. The molecule has 7 nitrogen and oxygen atoms in total. The molecule has 1 fully saturated rings. The quantitative estimate of drug-likeness (QED) is 0.211. The van der Waals surface area contributed by atoms with Crippen molar-refractivity contribution in [3.63, 3.8) is 0 Å². The number of rotatable bonds is 5. The highest BCUT2D eigenvalue weighted by atomic mass is 32.1. The van der Waals surface area contributed by atoms with Crippen LogP contribution >= 0.6 is 11.3 Å². The largest absolute Gasteiger partial charge is 0.507 e. The van der Waals surface area contributed by atoms with E-state index in [-0.39, 0.29) is 17.4 Å². The van der Waals surface area contributed by atoms with Gasteiger partial charge in [-0.25, -0.2) is 4.98 Å². The lowest BCUT2D eigenvalue weighted by Gasteiger charge is -2.23. The summed E-state index contributed by atoms with van der Waals surface area (Å²) in [7, 11) is 0. The first-order valence-corrected chi connectivity index (χ1v) is 13.0. The maximum absolute atomic E-state index is 13.5. The Morgan fingerprint density at radius 3 is 2.73 bits per heavy atom. The number of ether oxygens (including phenoxy) is 2. The Hall–Kier alpha value is -4.17. The zero-order chi connectivity index (χ0) is 25.7. The molecule has 0 spiro atoms. The molecule has 0 bridgehead atoms. The predicted molar refractivity (Wildman–Crippen MR) is 142 cm³/mol. The fourth-order valence-electron chi connectivity index (χ4n) is 4.96. The van der Waals surface area contributed by atoms with E-state index in [4.69, 9.17) is 9.47 Å². The summed E-state index contributed by atoms with van der Waals surface area (Å²) in [5.41, 5.74) is 2.87. The molecule has 1 aromatic heterocycles. The molecule has 186 valence electrons. The van der Waals surface area contributed by atoms with Crippen molar-refractivity contribution in [2.75, 3.05) is 11.5 Å². The Kier molecular flexibility index (Phi) is 5.68. The number of amides is 1. The summed E-state index contributed by atoms with van der Waals surface area (Å²) in [6, 6.07) is 19.3. The minimum absolute atomic E-state index is 0.0392. The van der Waals surface area contributed by atoms with E-state index in [0.29, 0.717) is 40.6 Å². The lowest BCUT2D eigenvalue weighted by Crippen LogP contribution is -2.29. The molecular weight excluding hydrogens is 488 g/mol. The third-order valence-corrected chi connectivity index (χ3v) is 7.61. The number of aromatic nitrogens is 1. The highest BCUT2D eigenvalue weighted by Crippen LogP contribution is 2.45. The standard InChI is InChI=1S/C29H24N2O5S/c1-3-35-20-10-11-21-23(15-20)37-29(30-21)31-25(17-7-5-4-6-8-17)24(27(33)28(31)34)26(32)18-9-12-22-19(14-18)13-16(2)36-22/h4-12,14-16,25,32H,3,13H2,1-2H3/b26-24+. The second kappa shape index (κ2) is 9.05. The summed E-state index contributed by atoms with van der Waals surface area (Å²) >= 11 is 1.31. The van der Waals surface area contributed by atoms with Crippen LogP contribution in [0.25, 0.3) is 16.0 Å². The van der Waals surface area contributed by atoms with Crippen LogP contribution < -0.4 is 14.4 Å². The number of aliphatic hydroxyl groups excluding tert-OH is 1. The topological polar surface area (TPSA) is 89.0 Å². The van der Waals surface area contributed by atoms with Crippen molar-refractivity contribution in [3.8, 4) is 11.5 Å². The molecule has 1 saturated heterocycles. The highest BCUT2D eigenvalue weighted by Gasteiger charge is 2.48. The normalized spacial score (nSPS) is 20.3. The molecule has 1 N–H and O–H groups in total. The number of carbonyl (C=O) groups is 2. The number of Topliss-reactive ketones (excluding diaryl/α,β-unsaturated/α-hetero) is 1. The van der Waals surface area contributed by atoms with E-state index in [9.17, 15) is 14.7 Å². The van der Waals surface area contributed by atoms with Crippen molar-refractivity contribution in [2.45, 2.75) is 32.4 Å². The molecule has 2 unspecified atom stereocenters. The van der Waals surface area contributed by atoms with Crippen LogP contribution in [0.4, 0.5) is 5.13 Å². The van der Waals surface area contributed by atoms with Crippen LogP contribution in [-0.4, -0.2) is 34.5 Å². The predicted octanol–water partition coefficient (Wildman–Crippen LogP) is 5.64. The fraction of sp³-hybridized carbons (Fsp3) is 0.207. The second-order valence-corrected chi connectivity index (χ2v) is 10.1. The Morgan fingerprint density at radius 1 is 1.14 bits per heavy atom. The molecule has 0 saturated carbocycles. The van der Waals surface area contributed by atoms with Crippen molar-refractivity contribution < 1.29 is 24.2 Å². The third kappa shape index (κ3) is 3.94. The van der Waals surface area contributed by atoms with Gasteiger partial charge in [0.2, 0.25) is 0 Å². The van der Waals surface area contributed by atoms with Gasteiger partial charge in [0.05, 0.1) is 28.4 Å². The molecule has 1 amide bonds. The van der Waals surface area contributed by atoms with Crippen LogP contribution in [0, 0.1) is 0 Å². The van der Waals surface area contributed by atoms with Gasteiger partial charge in [0, 0.05) is 12.0 Å². The van der Waals surface area contributed by atoms with Crippen LogP contribution in [0.5, 0.6) is 11.5 Å². The molecule has 8 heteroatoms. The number of fused-ring (bicyclic) bond motifs is 2. The summed E-state index contributed by atoms with van der Waals surface area (Å²) in [4.78, 5) is 33.0. The number of anilines is 1. The van der Waals surface area contributed by atoms with Gasteiger partial charge in [-0.1, -0.05) is 41.7 Å². The average Bonchev–Trinajstić information content (AvgIpc) is 3.56. The monoisotopic (exact) mass is 512 g/mol. The van der Waals surface area contributed by atoms with E-state index in [1.165, 1.54) is 16.2 Å². The molecule has 0 radical (unpaired) electrons. The minimum Gasteiger partial charge on any atom is -0.507 e. The Balaban J connectivity index is 1.50. The van der Waals surface area contributed by atoms with Crippen molar-refractivity contribution in [3.05, 3.63) is 89.0 Å². The molecule has 37 heavy (non-hydrogen) atoms. The van der Waals surface area contributed by atoms with Gasteiger partial charge < -0.3 is 14.6 Å². The first-order valence-electron chi connectivity index (χ1n) is 12.1. The molecule has 4 aromatic rings. The molecule has 3 aromatic carbocycles. The maximum Gasteiger partial charge on any atom is 0.301 e. The highest BCUT2D eigenvalue weighted by molar-refractivity contribution is 7.22. The first kappa shape index (κ1) is 23.2. The van der Waals surface area contributed by atoms with E-state index >= 15 is 0 Å². The van der Waals surface area contributed by atoms with Crippen LogP contribution in [0.2, 0.25) is 0 Å². The Morgan fingerprint density at radius 2 is 1.95 bits per heavy atom. The summed E-state index contributed by atoms with van der Waals surface area (Å²) in [5.74, 6) is -0.202. The van der Waals surface area contributed by atoms with Gasteiger partial charge in [-0.15, -0.1) is 0 Å². The molecule has 3 heterocycles. The second-order valence-electron chi connectivity index (χ2n) is 9.09. The van der Waals surface area contributed by atoms with E-state index in [0.717, 1.165) is 16.0 Å². The van der Waals surface area contributed by atoms with E-state index in [1.54, 1.807) is 12.1 Å². The van der Waals surface area contributed by atoms with E-state index in [1.807, 2.05) is 68.4 Å². The molecule has 2 aliphatic heterocycles. The summed E-state index contributed by atoms with van der Waals surface area (Å²) in [6.45, 7) is 4.43. The molecule has 0 aliphatic carbocycles. The Labute approximate surface area is 217 Å². The van der Waals surface area contributed by atoms with Crippen molar-refractivity contribution in [1.82, 2.24) is 4.98 Å². The minimum atomic E-state index is -0.823. The van der Waals surface area contributed by atoms with E-state index < -0.39 is 17.7 Å². The van der Waals surface area contributed by atoms with Crippen LogP contribution in [0.3, 0.4) is 0 Å². The lowest BCUT2D eigenvalue weighted by atomic mass is 9.94. The third-order valence-electron chi connectivity index (χ3n) is 6.59. The fourth-order valence-corrected chi connectivity index (χ4v) is 5.98. The van der Waals surface area contributed by atoms with Gasteiger partial charge in [0.1, 0.15) is 23.4 Å². The van der Waals surface area contributed by atoms with E-state index in [2.05, 4.69) is 4.98 Å². The number of thiazole rings is 1. The van der Waals surface area contributed by atoms with Crippen LogP contribution in [0.1, 0.15) is 36.6 Å². The number of carbonyl (C=O) groups excluding carboxylic acids is 2. The molecule has 2 aliphatic rings. The number of aliphatic hydroxyl groups is 1. The van der Waals surface area contributed by atoms with Gasteiger partial charge in [-0.05, 0) is 61.4 Å².